The third kappa shape index (κ3) is 3.35. The Bertz CT molecular complexity index is 555. The van der Waals surface area contributed by atoms with Gasteiger partial charge in [-0.05, 0) is 31.0 Å². The van der Waals surface area contributed by atoms with E-state index in [2.05, 4.69) is 11.8 Å². The van der Waals surface area contributed by atoms with Crippen molar-refractivity contribution < 1.29 is 14.3 Å². The molecule has 1 amide bonds. The van der Waals surface area contributed by atoms with Gasteiger partial charge in [0.1, 0.15) is 5.82 Å². The lowest BCUT2D eigenvalue weighted by atomic mass is 10.1. The van der Waals surface area contributed by atoms with Gasteiger partial charge in [0.2, 0.25) is 0 Å². The molecule has 1 aliphatic rings. The normalized spacial score (nSPS) is 15.7. The molecule has 0 saturated carbocycles. The molecular weight excluding hydrogens is 259 g/mol. The van der Waals surface area contributed by atoms with E-state index in [1.54, 1.807) is 11.0 Å². The van der Waals surface area contributed by atoms with Crippen LogP contribution in [0.25, 0.3) is 0 Å². The van der Waals surface area contributed by atoms with Gasteiger partial charge in [0, 0.05) is 18.7 Å². The molecule has 4 nitrogen and oxygen atoms in total. The Kier molecular flexibility index (Phi) is 4.72. The monoisotopic (exact) mass is 276 g/mol. The highest BCUT2D eigenvalue weighted by Gasteiger charge is 2.24. The van der Waals surface area contributed by atoms with Gasteiger partial charge in [0.15, 0.2) is 0 Å². The molecule has 0 radical (unpaired) electrons. The SMILES string of the molecule is NCC#Cc1ccc(C(=O)N2CCC(O)CC2)c(F)c1. The zero-order valence-electron chi connectivity index (χ0n) is 11.1. The highest BCUT2D eigenvalue weighted by molar-refractivity contribution is 5.94. The summed E-state index contributed by atoms with van der Waals surface area (Å²) in [5, 5.41) is 9.42. The second-order valence-electron chi connectivity index (χ2n) is 4.72. The number of piperidine rings is 1. The fraction of sp³-hybridized carbons (Fsp3) is 0.400. The maximum absolute atomic E-state index is 14.0. The number of nitrogens with zero attached hydrogens (tertiary/aromatic N) is 1. The maximum Gasteiger partial charge on any atom is 0.256 e. The lowest BCUT2D eigenvalue weighted by molar-refractivity contribution is 0.0543. The van der Waals surface area contributed by atoms with Crippen molar-refractivity contribution in [3.05, 3.63) is 35.1 Å². The molecule has 0 aliphatic carbocycles. The average molecular weight is 276 g/mol. The first-order chi connectivity index (χ1) is 9.61. The Hall–Kier alpha value is -1.90. The molecule has 0 atom stereocenters. The molecule has 1 fully saturated rings. The Morgan fingerprint density at radius 1 is 1.45 bits per heavy atom. The van der Waals surface area contributed by atoms with Crippen molar-refractivity contribution in [2.24, 2.45) is 5.73 Å². The van der Waals surface area contributed by atoms with E-state index in [1.807, 2.05) is 0 Å². The topological polar surface area (TPSA) is 66.6 Å². The minimum Gasteiger partial charge on any atom is -0.393 e. The van der Waals surface area contributed by atoms with Crippen LogP contribution in [-0.4, -0.2) is 41.7 Å². The standard InChI is InChI=1S/C15H17FN2O2/c16-14-10-11(2-1-7-17)3-4-13(14)15(20)18-8-5-12(19)6-9-18/h3-4,10,12,19H,5-9,17H2. The van der Waals surface area contributed by atoms with Crippen LogP contribution in [0.1, 0.15) is 28.8 Å². The van der Waals surface area contributed by atoms with Crippen LogP contribution in [-0.2, 0) is 0 Å². The predicted octanol–water partition coefficient (Wildman–Crippen LogP) is 0.733. The van der Waals surface area contributed by atoms with Gasteiger partial charge >= 0.3 is 0 Å². The second-order valence-corrected chi connectivity index (χ2v) is 4.72. The number of aliphatic hydroxyl groups is 1. The number of likely N-dealkylation sites (tertiary alicyclic amines) is 1. The van der Waals surface area contributed by atoms with E-state index < -0.39 is 5.82 Å². The summed E-state index contributed by atoms with van der Waals surface area (Å²) in [7, 11) is 0. The zero-order chi connectivity index (χ0) is 14.5. The number of amides is 1. The highest BCUT2D eigenvalue weighted by Crippen LogP contribution is 2.17. The minimum absolute atomic E-state index is 0.0414. The maximum atomic E-state index is 14.0. The van der Waals surface area contributed by atoms with Crippen LogP contribution in [0.5, 0.6) is 0 Å². The van der Waals surface area contributed by atoms with Gasteiger partial charge in [0.25, 0.3) is 5.91 Å². The first-order valence-corrected chi connectivity index (χ1v) is 6.57. The Balaban J connectivity index is 2.14. The van der Waals surface area contributed by atoms with Crippen molar-refractivity contribution in [1.29, 1.82) is 0 Å². The van der Waals surface area contributed by atoms with Crippen molar-refractivity contribution in [1.82, 2.24) is 4.90 Å². The van der Waals surface area contributed by atoms with Crippen molar-refractivity contribution in [2.75, 3.05) is 19.6 Å². The molecule has 0 aromatic heterocycles. The predicted molar refractivity (Wildman–Crippen MR) is 73.5 cm³/mol. The van der Waals surface area contributed by atoms with Gasteiger partial charge in [-0.2, -0.15) is 0 Å². The molecule has 1 heterocycles. The second kappa shape index (κ2) is 6.51. The number of benzene rings is 1. The van der Waals surface area contributed by atoms with Gasteiger partial charge in [-0.1, -0.05) is 11.8 Å². The van der Waals surface area contributed by atoms with E-state index in [-0.39, 0.29) is 24.1 Å². The number of nitrogens with two attached hydrogens (primary N) is 1. The van der Waals surface area contributed by atoms with E-state index in [9.17, 15) is 14.3 Å². The molecule has 1 saturated heterocycles. The summed E-state index contributed by atoms with van der Waals surface area (Å²) in [6, 6.07) is 4.30. The molecule has 0 bridgehead atoms. The number of carbonyl (C=O) groups is 1. The van der Waals surface area contributed by atoms with Crippen LogP contribution in [0.15, 0.2) is 18.2 Å². The van der Waals surface area contributed by atoms with Crippen molar-refractivity contribution in [3.63, 3.8) is 0 Å². The number of halogens is 1. The van der Waals surface area contributed by atoms with E-state index >= 15 is 0 Å². The summed E-state index contributed by atoms with van der Waals surface area (Å²) in [6.45, 7) is 1.11. The van der Waals surface area contributed by atoms with E-state index in [0.29, 0.717) is 31.5 Å². The number of hydrogen-bond acceptors (Lipinski definition) is 3. The third-order valence-corrected chi connectivity index (χ3v) is 3.29. The lowest BCUT2D eigenvalue weighted by Gasteiger charge is -2.29. The quantitative estimate of drug-likeness (QED) is 0.743. The summed E-state index contributed by atoms with van der Waals surface area (Å²) in [6.07, 6.45) is 0.707. The van der Waals surface area contributed by atoms with Crippen LogP contribution in [0.2, 0.25) is 0 Å². The molecule has 1 aromatic carbocycles. The summed E-state index contributed by atoms with van der Waals surface area (Å²) in [5.74, 6) is 4.44. The van der Waals surface area contributed by atoms with Gasteiger partial charge < -0.3 is 15.7 Å². The van der Waals surface area contributed by atoms with E-state index in [1.165, 1.54) is 12.1 Å². The van der Waals surface area contributed by atoms with Crippen molar-refractivity contribution in [3.8, 4) is 11.8 Å². The van der Waals surface area contributed by atoms with Crippen molar-refractivity contribution in [2.45, 2.75) is 18.9 Å². The van der Waals surface area contributed by atoms with Crippen LogP contribution >= 0.6 is 0 Å². The smallest absolute Gasteiger partial charge is 0.256 e. The van der Waals surface area contributed by atoms with Gasteiger partial charge in [-0.25, -0.2) is 4.39 Å². The molecule has 1 aromatic rings. The number of rotatable bonds is 1. The number of hydrogen-bond donors (Lipinski definition) is 2. The molecule has 0 spiro atoms. The number of carbonyl (C=O) groups excluding carboxylic acids is 1. The van der Waals surface area contributed by atoms with E-state index in [0.717, 1.165) is 0 Å². The minimum atomic E-state index is -0.579. The van der Waals surface area contributed by atoms with Crippen LogP contribution in [0, 0.1) is 17.7 Å². The lowest BCUT2D eigenvalue weighted by Crippen LogP contribution is -2.40. The van der Waals surface area contributed by atoms with Crippen LogP contribution in [0.3, 0.4) is 0 Å². The van der Waals surface area contributed by atoms with Gasteiger partial charge in [-0.15, -0.1) is 0 Å². The van der Waals surface area contributed by atoms with Crippen LogP contribution < -0.4 is 5.73 Å². The van der Waals surface area contributed by atoms with Gasteiger partial charge in [0.05, 0.1) is 18.2 Å². The average Bonchev–Trinajstić information content (AvgIpc) is 2.45. The van der Waals surface area contributed by atoms with E-state index in [4.69, 9.17) is 5.73 Å². The summed E-state index contributed by atoms with van der Waals surface area (Å²) in [4.78, 5) is 13.8. The Labute approximate surface area is 117 Å². The molecule has 20 heavy (non-hydrogen) atoms. The Morgan fingerprint density at radius 3 is 2.75 bits per heavy atom. The third-order valence-electron chi connectivity index (χ3n) is 3.29. The molecule has 5 heteroatoms. The fourth-order valence-electron chi connectivity index (χ4n) is 2.16. The fourth-order valence-corrected chi connectivity index (χ4v) is 2.16. The van der Waals surface area contributed by atoms with Gasteiger partial charge in [-0.3, -0.25) is 4.79 Å². The Morgan fingerprint density at radius 2 is 2.15 bits per heavy atom. The molecule has 106 valence electrons. The summed E-state index contributed by atoms with van der Waals surface area (Å²) < 4.78 is 14.0. The molecule has 3 N–H and O–H groups in total. The zero-order valence-corrected chi connectivity index (χ0v) is 11.1. The molecule has 2 rings (SSSR count). The molecule has 0 unspecified atom stereocenters. The first kappa shape index (κ1) is 14.5. The molecule has 1 aliphatic heterocycles. The number of aliphatic hydroxyl groups excluding tert-OH is 1. The van der Waals surface area contributed by atoms with Crippen LogP contribution in [0.4, 0.5) is 4.39 Å². The highest BCUT2D eigenvalue weighted by atomic mass is 19.1. The molecular formula is C15H17FN2O2. The largest absolute Gasteiger partial charge is 0.393 e. The first-order valence-electron chi connectivity index (χ1n) is 6.57. The summed E-state index contributed by atoms with van der Waals surface area (Å²) >= 11 is 0. The van der Waals surface area contributed by atoms with Crippen molar-refractivity contribution >= 4 is 5.91 Å². The summed E-state index contributed by atoms with van der Waals surface area (Å²) in [5.41, 5.74) is 5.79.